The molecule has 7 nitrogen and oxygen atoms in total. The number of fused-ring (bicyclic) bond motifs is 1. The number of para-hydroxylation sites is 2. The number of nitrogens with one attached hydrogen (secondary N) is 2. The second-order valence-corrected chi connectivity index (χ2v) is 8.80. The van der Waals surface area contributed by atoms with Crippen molar-refractivity contribution < 1.29 is 9.21 Å². The van der Waals surface area contributed by atoms with Gasteiger partial charge in [0.15, 0.2) is 5.58 Å². The van der Waals surface area contributed by atoms with Gasteiger partial charge in [-0.2, -0.15) is 4.98 Å². The molecule has 34 heavy (non-hydrogen) atoms. The first-order valence-electron chi connectivity index (χ1n) is 11.2. The van der Waals surface area contributed by atoms with E-state index in [0.717, 1.165) is 29.5 Å². The van der Waals surface area contributed by atoms with E-state index in [9.17, 15) is 4.79 Å². The van der Waals surface area contributed by atoms with E-state index in [2.05, 4.69) is 39.7 Å². The van der Waals surface area contributed by atoms with Gasteiger partial charge in [-0.05, 0) is 68.7 Å². The van der Waals surface area contributed by atoms with Gasteiger partial charge in [-0.1, -0.05) is 41.5 Å². The number of aliphatic imine (C=N–C) groups is 2. The molecule has 1 aromatic heterocycles. The summed E-state index contributed by atoms with van der Waals surface area (Å²) in [5.74, 6) is -0.362. The third-order valence-electron chi connectivity index (χ3n) is 5.97. The van der Waals surface area contributed by atoms with E-state index in [0.29, 0.717) is 34.0 Å². The summed E-state index contributed by atoms with van der Waals surface area (Å²) in [4.78, 5) is 27.3. The van der Waals surface area contributed by atoms with Gasteiger partial charge in [0.25, 0.3) is 0 Å². The number of anilines is 2. The van der Waals surface area contributed by atoms with E-state index < -0.39 is 12.0 Å². The molecule has 2 N–H and O–H groups in total. The highest BCUT2D eigenvalue weighted by atomic mass is 35.5. The Bertz CT molecular complexity index is 1330. The van der Waals surface area contributed by atoms with E-state index >= 15 is 0 Å². The van der Waals surface area contributed by atoms with Crippen molar-refractivity contribution in [3.8, 4) is 0 Å². The number of rotatable bonds is 4. The van der Waals surface area contributed by atoms with Gasteiger partial charge in [0.1, 0.15) is 11.4 Å². The Hall–Kier alpha value is -3.71. The largest absolute Gasteiger partial charge is 0.423 e. The first-order valence-corrected chi connectivity index (χ1v) is 11.5. The van der Waals surface area contributed by atoms with Crippen molar-refractivity contribution >= 4 is 52.0 Å². The lowest BCUT2D eigenvalue weighted by molar-refractivity contribution is -0.118. The quantitative estimate of drug-likeness (QED) is 0.485. The van der Waals surface area contributed by atoms with Crippen molar-refractivity contribution in [3.63, 3.8) is 0 Å². The molecule has 0 saturated heterocycles. The van der Waals surface area contributed by atoms with E-state index in [1.807, 2.05) is 31.2 Å². The molecular formula is C26H24ClN5O2. The Morgan fingerprint density at radius 3 is 2.59 bits per heavy atom. The Balaban J connectivity index is 1.46. The van der Waals surface area contributed by atoms with Gasteiger partial charge in [-0.15, -0.1) is 0 Å². The summed E-state index contributed by atoms with van der Waals surface area (Å²) in [6.45, 7) is 3.91. The average Bonchev–Trinajstić information content (AvgIpc) is 3.22. The highest BCUT2D eigenvalue weighted by Crippen LogP contribution is 2.32. The van der Waals surface area contributed by atoms with Gasteiger partial charge < -0.3 is 9.73 Å². The fraction of sp³-hybridized carbons (Fsp3) is 0.231. The zero-order valence-electron chi connectivity index (χ0n) is 18.9. The van der Waals surface area contributed by atoms with Crippen molar-refractivity contribution in [2.24, 2.45) is 15.9 Å². The summed E-state index contributed by atoms with van der Waals surface area (Å²) in [6, 6.07) is 14.5. The van der Waals surface area contributed by atoms with E-state index in [-0.39, 0.29) is 5.91 Å². The normalized spacial score (nSPS) is 20.2. The SMILES string of the molecule is CC1=CCCC=C1C1N=C(Nc2nc3ccccc3o2)N=C(C)C1C(=O)Nc1ccc(Cl)cc1. The number of hydrogen-bond donors (Lipinski definition) is 2. The van der Waals surface area contributed by atoms with Crippen LogP contribution in [-0.4, -0.2) is 28.6 Å². The number of carbonyl (C=O) groups excluding carboxylic acids is 1. The van der Waals surface area contributed by atoms with Crippen molar-refractivity contribution in [3.05, 3.63) is 76.9 Å². The highest BCUT2D eigenvalue weighted by molar-refractivity contribution is 6.30. The van der Waals surface area contributed by atoms with Crippen LogP contribution in [0.15, 0.2) is 86.2 Å². The summed E-state index contributed by atoms with van der Waals surface area (Å²) in [5.41, 5.74) is 4.91. The molecule has 1 aliphatic heterocycles. The van der Waals surface area contributed by atoms with Crippen LogP contribution in [0.3, 0.4) is 0 Å². The molecule has 8 heteroatoms. The predicted molar refractivity (Wildman–Crippen MR) is 137 cm³/mol. The Kier molecular flexibility index (Phi) is 6.02. The van der Waals surface area contributed by atoms with Crippen molar-refractivity contribution in [1.29, 1.82) is 0 Å². The molecule has 0 spiro atoms. The number of guanidine groups is 1. The lowest BCUT2D eigenvalue weighted by Crippen LogP contribution is -2.42. The predicted octanol–water partition coefficient (Wildman–Crippen LogP) is 6.01. The summed E-state index contributed by atoms with van der Waals surface area (Å²) >= 11 is 5.99. The molecule has 0 fully saturated rings. The molecular weight excluding hydrogens is 450 g/mol. The molecule has 1 amide bonds. The number of allylic oxidation sites excluding steroid dienone is 2. The fourth-order valence-corrected chi connectivity index (χ4v) is 4.41. The number of aromatic nitrogens is 1. The maximum absolute atomic E-state index is 13.4. The van der Waals surface area contributed by atoms with Gasteiger partial charge >= 0.3 is 6.01 Å². The van der Waals surface area contributed by atoms with Crippen LogP contribution in [0.2, 0.25) is 5.02 Å². The number of nitrogens with zero attached hydrogens (tertiary/aromatic N) is 3. The summed E-state index contributed by atoms with van der Waals surface area (Å²) in [5, 5.41) is 6.69. The summed E-state index contributed by atoms with van der Waals surface area (Å²) in [7, 11) is 0. The molecule has 2 aromatic carbocycles. The molecule has 2 aliphatic rings. The number of amides is 1. The number of carbonyl (C=O) groups is 1. The monoisotopic (exact) mass is 473 g/mol. The van der Waals surface area contributed by atoms with Crippen LogP contribution in [0, 0.1) is 5.92 Å². The topological polar surface area (TPSA) is 91.9 Å². The van der Waals surface area contributed by atoms with Crippen LogP contribution >= 0.6 is 11.6 Å². The molecule has 2 unspecified atom stereocenters. The van der Waals surface area contributed by atoms with Gasteiger partial charge in [0.05, 0.1) is 6.04 Å². The smallest absolute Gasteiger partial charge is 0.302 e. The molecule has 5 rings (SSSR count). The molecule has 2 atom stereocenters. The minimum absolute atomic E-state index is 0.169. The van der Waals surface area contributed by atoms with Gasteiger partial charge in [-0.25, -0.2) is 9.98 Å². The third-order valence-corrected chi connectivity index (χ3v) is 6.22. The first kappa shape index (κ1) is 22.1. The van der Waals surface area contributed by atoms with E-state index in [4.69, 9.17) is 21.0 Å². The number of hydrogen-bond acceptors (Lipinski definition) is 6. The van der Waals surface area contributed by atoms with Crippen LogP contribution in [-0.2, 0) is 4.79 Å². The average molecular weight is 474 g/mol. The Labute approximate surface area is 202 Å². The van der Waals surface area contributed by atoms with Crippen LogP contribution in [0.25, 0.3) is 11.1 Å². The molecule has 0 radical (unpaired) electrons. The van der Waals surface area contributed by atoms with Crippen molar-refractivity contribution in [2.75, 3.05) is 10.6 Å². The molecule has 2 heterocycles. The fourth-order valence-electron chi connectivity index (χ4n) is 4.29. The van der Waals surface area contributed by atoms with Crippen LogP contribution < -0.4 is 10.6 Å². The highest BCUT2D eigenvalue weighted by Gasteiger charge is 2.37. The Morgan fingerprint density at radius 2 is 1.82 bits per heavy atom. The van der Waals surface area contributed by atoms with Gasteiger partial charge in [-0.3, -0.25) is 10.1 Å². The number of benzene rings is 2. The second-order valence-electron chi connectivity index (χ2n) is 8.36. The molecule has 0 saturated carbocycles. The summed E-state index contributed by atoms with van der Waals surface area (Å²) < 4.78 is 5.78. The van der Waals surface area contributed by atoms with E-state index in [1.54, 1.807) is 24.3 Å². The molecule has 0 bridgehead atoms. The molecule has 172 valence electrons. The first-order chi connectivity index (χ1) is 16.5. The minimum Gasteiger partial charge on any atom is -0.423 e. The van der Waals surface area contributed by atoms with Crippen molar-refractivity contribution in [2.45, 2.75) is 32.7 Å². The maximum Gasteiger partial charge on any atom is 0.302 e. The van der Waals surface area contributed by atoms with Crippen LogP contribution in [0.4, 0.5) is 11.7 Å². The van der Waals surface area contributed by atoms with Crippen LogP contribution in [0.1, 0.15) is 26.7 Å². The summed E-state index contributed by atoms with van der Waals surface area (Å²) in [6.07, 6.45) is 6.25. The van der Waals surface area contributed by atoms with Crippen molar-refractivity contribution in [1.82, 2.24) is 4.98 Å². The van der Waals surface area contributed by atoms with Gasteiger partial charge in [0, 0.05) is 16.4 Å². The van der Waals surface area contributed by atoms with Gasteiger partial charge in [0.2, 0.25) is 11.9 Å². The van der Waals surface area contributed by atoms with Crippen LogP contribution in [0.5, 0.6) is 0 Å². The lowest BCUT2D eigenvalue weighted by atomic mass is 9.82. The Morgan fingerprint density at radius 1 is 1.06 bits per heavy atom. The standard InChI is InChI=1S/C26H24ClN5O2/c1-15-7-3-4-8-19(15)23-22(24(33)29-18-13-11-17(27)12-14-18)16(2)28-25(31-23)32-26-30-20-9-5-6-10-21(20)34-26/h5-14,22-23H,3-4H2,1-2H3,(H,29,33)(H,30,31,32). The lowest BCUT2D eigenvalue weighted by Gasteiger charge is -2.30. The third kappa shape index (κ3) is 4.52. The zero-order valence-corrected chi connectivity index (χ0v) is 19.6. The second kappa shape index (κ2) is 9.27. The number of halogens is 1. The zero-order chi connectivity index (χ0) is 23.7. The maximum atomic E-state index is 13.4. The molecule has 1 aliphatic carbocycles. The molecule has 3 aromatic rings. The number of oxazole rings is 1. The minimum atomic E-state index is -0.558. The van der Waals surface area contributed by atoms with E-state index in [1.165, 1.54) is 0 Å².